The van der Waals surface area contributed by atoms with Crippen molar-refractivity contribution in [3.8, 4) is 5.75 Å². The Labute approximate surface area is 111 Å². The number of alkyl halides is 1. The average molecular weight is 303 g/mol. The van der Waals surface area contributed by atoms with Crippen LogP contribution in [0.4, 0.5) is 4.39 Å². The molecular weight excluding hydrogens is 283 g/mol. The van der Waals surface area contributed by atoms with E-state index in [1.54, 1.807) is 13.0 Å². The molecular formula is C14H20BrFO. The number of benzene rings is 1. The summed E-state index contributed by atoms with van der Waals surface area (Å²) in [5, 5.41) is 0.904. The third-order valence-electron chi connectivity index (χ3n) is 3.47. The third kappa shape index (κ3) is 3.70. The van der Waals surface area contributed by atoms with Gasteiger partial charge in [-0.1, -0.05) is 35.8 Å². The van der Waals surface area contributed by atoms with Crippen molar-refractivity contribution >= 4 is 15.9 Å². The Bertz CT molecular complexity index is 353. The molecule has 17 heavy (non-hydrogen) atoms. The first kappa shape index (κ1) is 14.5. The number of halogens is 2. The molecule has 96 valence electrons. The summed E-state index contributed by atoms with van der Waals surface area (Å²) in [6.45, 7) is 6.68. The van der Waals surface area contributed by atoms with Gasteiger partial charge in [0.15, 0.2) is 0 Å². The Balaban J connectivity index is 2.68. The van der Waals surface area contributed by atoms with Crippen LogP contribution in [0.25, 0.3) is 0 Å². The highest BCUT2D eigenvalue weighted by atomic mass is 79.9. The quantitative estimate of drug-likeness (QED) is 0.691. The fourth-order valence-corrected chi connectivity index (χ4v) is 2.54. The van der Waals surface area contributed by atoms with Gasteiger partial charge in [-0.15, -0.1) is 0 Å². The Hall–Kier alpha value is -0.570. The third-order valence-corrected chi connectivity index (χ3v) is 4.66. The molecule has 0 saturated carbocycles. The number of hydrogen-bond acceptors (Lipinski definition) is 1. The number of ether oxygens (including phenoxy) is 1. The Morgan fingerprint density at radius 1 is 1.29 bits per heavy atom. The maximum atomic E-state index is 13.4. The topological polar surface area (TPSA) is 9.23 Å². The fourth-order valence-electron chi connectivity index (χ4n) is 1.58. The van der Waals surface area contributed by atoms with E-state index < -0.39 is 0 Å². The Morgan fingerprint density at radius 3 is 2.41 bits per heavy atom. The summed E-state index contributed by atoms with van der Waals surface area (Å²) in [6, 6.07) is 5.03. The van der Waals surface area contributed by atoms with E-state index in [1.807, 2.05) is 6.07 Å². The molecule has 0 fully saturated rings. The van der Waals surface area contributed by atoms with Crippen molar-refractivity contribution in [2.24, 2.45) is 5.41 Å². The molecule has 0 unspecified atom stereocenters. The van der Waals surface area contributed by atoms with Gasteiger partial charge in [0.05, 0.1) is 6.61 Å². The SMILES string of the molecule is CCC(CC)(CBr)COc1ccc(C)c(F)c1. The molecule has 3 heteroatoms. The van der Waals surface area contributed by atoms with Crippen LogP contribution >= 0.6 is 15.9 Å². The summed E-state index contributed by atoms with van der Waals surface area (Å²) in [5.74, 6) is 0.403. The smallest absolute Gasteiger partial charge is 0.129 e. The Morgan fingerprint density at radius 2 is 1.94 bits per heavy atom. The molecule has 0 spiro atoms. The summed E-state index contributed by atoms with van der Waals surface area (Å²) in [6.07, 6.45) is 2.09. The van der Waals surface area contributed by atoms with E-state index in [2.05, 4.69) is 29.8 Å². The lowest BCUT2D eigenvalue weighted by Gasteiger charge is -2.29. The molecule has 0 radical (unpaired) electrons. The molecule has 1 aromatic carbocycles. The van der Waals surface area contributed by atoms with Crippen molar-refractivity contribution in [2.75, 3.05) is 11.9 Å². The predicted molar refractivity (Wildman–Crippen MR) is 73.4 cm³/mol. The van der Waals surface area contributed by atoms with Crippen LogP contribution < -0.4 is 4.74 Å². The average Bonchev–Trinajstić information content (AvgIpc) is 2.36. The highest BCUT2D eigenvalue weighted by Gasteiger charge is 2.25. The van der Waals surface area contributed by atoms with E-state index in [4.69, 9.17) is 4.74 Å². The van der Waals surface area contributed by atoms with Crippen LogP contribution in [-0.2, 0) is 0 Å². The molecule has 0 heterocycles. The van der Waals surface area contributed by atoms with Crippen LogP contribution in [0.15, 0.2) is 18.2 Å². The van der Waals surface area contributed by atoms with Gasteiger partial charge < -0.3 is 4.74 Å². The monoisotopic (exact) mass is 302 g/mol. The summed E-state index contributed by atoms with van der Waals surface area (Å²) in [4.78, 5) is 0. The van der Waals surface area contributed by atoms with Crippen LogP contribution in [-0.4, -0.2) is 11.9 Å². The molecule has 0 atom stereocenters. The van der Waals surface area contributed by atoms with Crippen molar-refractivity contribution in [1.82, 2.24) is 0 Å². The molecule has 0 aliphatic heterocycles. The summed E-state index contributed by atoms with van der Waals surface area (Å²) >= 11 is 3.54. The number of rotatable bonds is 6. The minimum Gasteiger partial charge on any atom is -0.493 e. The number of aryl methyl sites for hydroxylation is 1. The van der Waals surface area contributed by atoms with Gasteiger partial charge in [-0.25, -0.2) is 4.39 Å². The molecule has 0 aliphatic rings. The second-order valence-corrected chi connectivity index (χ2v) is 5.10. The van der Waals surface area contributed by atoms with E-state index in [1.165, 1.54) is 6.07 Å². The molecule has 1 aromatic rings. The molecule has 1 nitrogen and oxygen atoms in total. The largest absolute Gasteiger partial charge is 0.493 e. The molecule has 0 N–H and O–H groups in total. The van der Waals surface area contributed by atoms with Gasteiger partial charge in [0.1, 0.15) is 11.6 Å². The van der Waals surface area contributed by atoms with Gasteiger partial charge in [-0.3, -0.25) is 0 Å². The summed E-state index contributed by atoms with van der Waals surface area (Å²) < 4.78 is 19.1. The molecule has 0 bridgehead atoms. The number of hydrogen-bond donors (Lipinski definition) is 0. The molecule has 0 amide bonds. The van der Waals surface area contributed by atoms with Crippen molar-refractivity contribution in [1.29, 1.82) is 0 Å². The van der Waals surface area contributed by atoms with Crippen molar-refractivity contribution in [3.05, 3.63) is 29.6 Å². The van der Waals surface area contributed by atoms with Gasteiger partial charge in [-0.05, 0) is 31.4 Å². The van der Waals surface area contributed by atoms with Crippen LogP contribution in [0.2, 0.25) is 0 Å². The zero-order valence-corrected chi connectivity index (χ0v) is 12.3. The Kier molecular flexibility index (Phi) is 5.44. The summed E-state index contributed by atoms with van der Waals surface area (Å²) in [7, 11) is 0. The van der Waals surface area contributed by atoms with E-state index in [-0.39, 0.29) is 11.2 Å². The van der Waals surface area contributed by atoms with Crippen LogP contribution in [0, 0.1) is 18.2 Å². The van der Waals surface area contributed by atoms with E-state index in [9.17, 15) is 4.39 Å². The first-order chi connectivity index (χ1) is 8.06. The maximum Gasteiger partial charge on any atom is 0.129 e. The summed E-state index contributed by atoms with van der Waals surface area (Å²) in [5.41, 5.74) is 0.788. The second-order valence-electron chi connectivity index (χ2n) is 4.54. The minimum atomic E-state index is -0.208. The van der Waals surface area contributed by atoms with Crippen molar-refractivity contribution in [2.45, 2.75) is 33.6 Å². The standard InChI is InChI=1S/C14H20BrFO/c1-4-14(5-2,9-15)10-17-12-7-6-11(3)13(16)8-12/h6-8H,4-5,9-10H2,1-3H3. The molecule has 0 saturated heterocycles. The van der Waals surface area contributed by atoms with E-state index in [0.29, 0.717) is 17.9 Å². The zero-order valence-electron chi connectivity index (χ0n) is 10.7. The van der Waals surface area contributed by atoms with Crippen LogP contribution in [0.3, 0.4) is 0 Å². The van der Waals surface area contributed by atoms with Gasteiger partial charge in [0.2, 0.25) is 0 Å². The minimum absolute atomic E-state index is 0.140. The van der Waals surface area contributed by atoms with Crippen LogP contribution in [0.5, 0.6) is 5.75 Å². The predicted octanol–water partition coefficient (Wildman–Crippen LogP) is 4.71. The molecule has 0 aromatic heterocycles. The van der Waals surface area contributed by atoms with Gasteiger partial charge >= 0.3 is 0 Å². The van der Waals surface area contributed by atoms with Crippen LogP contribution in [0.1, 0.15) is 32.3 Å². The van der Waals surface area contributed by atoms with Gasteiger partial charge in [0.25, 0.3) is 0 Å². The first-order valence-electron chi connectivity index (χ1n) is 6.02. The highest BCUT2D eigenvalue weighted by molar-refractivity contribution is 9.09. The van der Waals surface area contributed by atoms with Crippen molar-refractivity contribution < 1.29 is 9.13 Å². The lowest BCUT2D eigenvalue weighted by Crippen LogP contribution is -2.29. The zero-order chi connectivity index (χ0) is 12.9. The second kappa shape index (κ2) is 6.39. The maximum absolute atomic E-state index is 13.4. The van der Waals surface area contributed by atoms with Gasteiger partial charge in [0, 0.05) is 16.8 Å². The van der Waals surface area contributed by atoms with Gasteiger partial charge in [-0.2, -0.15) is 0 Å². The lowest BCUT2D eigenvalue weighted by molar-refractivity contribution is 0.157. The molecule has 1 rings (SSSR count). The highest BCUT2D eigenvalue weighted by Crippen LogP contribution is 2.30. The fraction of sp³-hybridized carbons (Fsp3) is 0.571. The van der Waals surface area contributed by atoms with E-state index in [0.717, 1.165) is 18.2 Å². The lowest BCUT2D eigenvalue weighted by atomic mass is 9.86. The first-order valence-corrected chi connectivity index (χ1v) is 7.14. The normalized spacial score (nSPS) is 11.6. The van der Waals surface area contributed by atoms with E-state index >= 15 is 0 Å². The molecule has 0 aliphatic carbocycles. The van der Waals surface area contributed by atoms with Crippen molar-refractivity contribution in [3.63, 3.8) is 0 Å².